The summed E-state index contributed by atoms with van der Waals surface area (Å²) in [7, 11) is 0. The molecule has 5 heteroatoms. The monoisotopic (exact) mass is 410 g/mol. The van der Waals surface area contributed by atoms with Gasteiger partial charge in [-0.15, -0.1) is 0 Å². The highest BCUT2D eigenvalue weighted by Gasteiger charge is 2.18. The molecule has 5 nitrogen and oxygen atoms in total. The Balaban J connectivity index is 1.76. The van der Waals surface area contributed by atoms with Crippen molar-refractivity contribution in [2.45, 2.75) is 13.8 Å². The Hall–Kier alpha value is -3.99. The van der Waals surface area contributed by atoms with Gasteiger partial charge in [-0.05, 0) is 38.1 Å². The van der Waals surface area contributed by atoms with E-state index in [1.807, 2.05) is 55.5 Å². The van der Waals surface area contributed by atoms with Gasteiger partial charge >= 0.3 is 5.97 Å². The molecule has 0 bridgehead atoms. The van der Waals surface area contributed by atoms with E-state index in [0.717, 1.165) is 22.0 Å². The average Bonchev–Trinajstić information content (AvgIpc) is 2.79. The Morgan fingerprint density at radius 1 is 0.903 bits per heavy atom. The van der Waals surface area contributed by atoms with Gasteiger partial charge in [0.15, 0.2) is 0 Å². The van der Waals surface area contributed by atoms with Crippen LogP contribution >= 0.6 is 0 Å². The molecular weight excluding hydrogens is 388 g/mol. The molecular formula is C26H22N2O3. The predicted octanol–water partition coefficient (Wildman–Crippen LogP) is 5.64. The molecule has 0 atom stereocenters. The average molecular weight is 410 g/mol. The van der Waals surface area contributed by atoms with Crippen LogP contribution in [0.1, 0.15) is 33.2 Å². The van der Waals surface area contributed by atoms with Crippen molar-refractivity contribution < 1.29 is 14.3 Å². The normalized spacial score (nSPS) is 10.6. The quantitative estimate of drug-likeness (QED) is 0.432. The highest BCUT2D eigenvalue weighted by Crippen LogP contribution is 2.26. The van der Waals surface area contributed by atoms with Crippen LogP contribution < -0.4 is 5.32 Å². The number of carbonyl (C=O) groups is 2. The standard InChI is InChI=1S/C26H22N2O3/c1-3-31-26(30)20-9-5-7-11-23(20)28-25(29)21-16-24(18-14-12-17(2)13-15-18)27-22-10-6-4-8-19(21)22/h4-16H,3H2,1-2H3,(H,28,29). The van der Waals surface area contributed by atoms with Gasteiger partial charge in [-0.25, -0.2) is 9.78 Å². The number of nitrogens with one attached hydrogen (secondary N) is 1. The molecule has 3 aromatic carbocycles. The minimum absolute atomic E-state index is 0.260. The first-order chi connectivity index (χ1) is 15.1. The first kappa shape index (κ1) is 20.3. The van der Waals surface area contributed by atoms with Crippen LogP contribution in [0, 0.1) is 6.92 Å². The number of pyridine rings is 1. The Labute approximate surface area is 180 Å². The van der Waals surface area contributed by atoms with Gasteiger partial charge in [-0.2, -0.15) is 0 Å². The van der Waals surface area contributed by atoms with Crippen LogP contribution in [0.5, 0.6) is 0 Å². The number of hydrogen-bond donors (Lipinski definition) is 1. The predicted molar refractivity (Wildman–Crippen MR) is 122 cm³/mol. The zero-order valence-electron chi connectivity index (χ0n) is 17.4. The van der Waals surface area contributed by atoms with E-state index in [1.54, 1.807) is 37.3 Å². The van der Waals surface area contributed by atoms with Gasteiger partial charge in [0.25, 0.3) is 5.91 Å². The van der Waals surface area contributed by atoms with Gasteiger partial charge < -0.3 is 10.1 Å². The molecule has 0 spiro atoms. The van der Waals surface area contributed by atoms with Gasteiger partial charge in [0, 0.05) is 10.9 Å². The van der Waals surface area contributed by atoms with Gasteiger partial charge in [0.1, 0.15) is 0 Å². The number of ether oxygens (including phenoxy) is 1. The summed E-state index contributed by atoms with van der Waals surface area (Å²) in [5, 5.41) is 3.62. The second-order valence-electron chi connectivity index (χ2n) is 7.16. The molecule has 1 aromatic heterocycles. The second kappa shape index (κ2) is 8.79. The number of esters is 1. The molecule has 154 valence electrons. The first-order valence-corrected chi connectivity index (χ1v) is 10.1. The lowest BCUT2D eigenvalue weighted by Crippen LogP contribution is -2.16. The van der Waals surface area contributed by atoms with Crippen LogP contribution in [-0.2, 0) is 4.74 Å². The third kappa shape index (κ3) is 4.31. The van der Waals surface area contributed by atoms with Crippen LogP contribution in [0.4, 0.5) is 5.69 Å². The van der Waals surface area contributed by atoms with Crippen LogP contribution in [0.15, 0.2) is 78.9 Å². The van der Waals surface area contributed by atoms with E-state index >= 15 is 0 Å². The molecule has 0 fully saturated rings. The van der Waals surface area contributed by atoms with Crippen molar-refractivity contribution in [3.63, 3.8) is 0 Å². The van der Waals surface area contributed by atoms with Crippen LogP contribution in [0.3, 0.4) is 0 Å². The summed E-state index contributed by atoms with van der Waals surface area (Å²) in [6.45, 7) is 4.03. The molecule has 0 aliphatic heterocycles. The van der Waals surface area contributed by atoms with Crippen LogP contribution in [0.2, 0.25) is 0 Å². The number of para-hydroxylation sites is 2. The lowest BCUT2D eigenvalue weighted by Gasteiger charge is -2.13. The maximum atomic E-state index is 13.3. The van der Waals surface area contributed by atoms with Crippen molar-refractivity contribution in [1.82, 2.24) is 4.98 Å². The van der Waals surface area contributed by atoms with Gasteiger partial charge in [-0.3, -0.25) is 4.79 Å². The molecule has 0 unspecified atom stereocenters. The number of benzene rings is 3. The zero-order valence-corrected chi connectivity index (χ0v) is 17.4. The maximum Gasteiger partial charge on any atom is 0.340 e. The Morgan fingerprint density at radius 2 is 1.61 bits per heavy atom. The molecule has 0 saturated carbocycles. The van der Waals surface area contributed by atoms with Crippen molar-refractivity contribution in [1.29, 1.82) is 0 Å². The summed E-state index contributed by atoms with van der Waals surface area (Å²) >= 11 is 0. The number of carbonyl (C=O) groups excluding carboxylic acids is 2. The van der Waals surface area contributed by atoms with Crippen molar-refractivity contribution in [3.05, 3.63) is 95.6 Å². The number of rotatable bonds is 5. The Morgan fingerprint density at radius 3 is 2.39 bits per heavy atom. The Kier molecular flexibility index (Phi) is 5.76. The lowest BCUT2D eigenvalue weighted by molar-refractivity contribution is 0.0527. The summed E-state index contributed by atoms with van der Waals surface area (Å²) in [5.74, 6) is -0.790. The van der Waals surface area contributed by atoms with Gasteiger partial charge in [0.05, 0.1) is 34.6 Å². The number of aryl methyl sites for hydroxylation is 1. The zero-order chi connectivity index (χ0) is 21.8. The molecule has 0 radical (unpaired) electrons. The third-order valence-corrected chi connectivity index (χ3v) is 4.98. The molecule has 4 rings (SSSR count). The highest BCUT2D eigenvalue weighted by molar-refractivity contribution is 6.14. The van der Waals surface area contributed by atoms with Crippen LogP contribution in [0.25, 0.3) is 22.2 Å². The highest BCUT2D eigenvalue weighted by atomic mass is 16.5. The van der Waals surface area contributed by atoms with Gasteiger partial charge in [-0.1, -0.05) is 60.2 Å². The maximum absolute atomic E-state index is 13.3. The molecule has 1 N–H and O–H groups in total. The van der Waals surface area contributed by atoms with Crippen molar-refractivity contribution in [2.24, 2.45) is 0 Å². The summed E-state index contributed by atoms with van der Waals surface area (Å²) in [6.07, 6.45) is 0. The number of hydrogen-bond acceptors (Lipinski definition) is 4. The second-order valence-corrected chi connectivity index (χ2v) is 7.16. The SMILES string of the molecule is CCOC(=O)c1ccccc1NC(=O)c1cc(-c2ccc(C)cc2)nc2ccccc12. The van der Waals surface area contributed by atoms with Crippen molar-refractivity contribution in [2.75, 3.05) is 11.9 Å². The topological polar surface area (TPSA) is 68.3 Å². The van der Waals surface area contributed by atoms with Crippen LogP contribution in [-0.4, -0.2) is 23.5 Å². The fourth-order valence-corrected chi connectivity index (χ4v) is 3.40. The number of nitrogens with zero attached hydrogens (tertiary/aromatic N) is 1. The molecule has 0 aliphatic carbocycles. The minimum atomic E-state index is -0.474. The third-order valence-electron chi connectivity index (χ3n) is 4.98. The first-order valence-electron chi connectivity index (χ1n) is 10.1. The smallest absolute Gasteiger partial charge is 0.340 e. The summed E-state index contributed by atoms with van der Waals surface area (Å²) in [4.78, 5) is 30.3. The van der Waals surface area contributed by atoms with E-state index < -0.39 is 5.97 Å². The van der Waals surface area contributed by atoms with E-state index in [1.165, 1.54) is 0 Å². The summed E-state index contributed by atoms with van der Waals surface area (Å²) in [6, 6.07) is 24.1. The van der Waals surface area contributed by atoms with E-state index in [-0.39, 0.29) is 12.5 Å². The number of anilines is 1. The fraction of sp³-hybridized carbons (Fsp3) is 0.115. The van der Waals surface area contributed by atoms with E-state index in [9.17, 15) is 9.59 Å². The van der Waals surface area contributed by atoms with Crippen molar-refractivity contribution in [3.8, 4) is 11.3 Å². The summed E-state index contributed by atoms with van der Waals surface area (Å²) in [5.41, 5.74) is 4.72. The Bertz CT molecular complexity index is 1260. The van der Waals surface area contributed by atoms with E-state index in [0.29, 0.717) is 22.5 Å². The molecule has 1 heterocycles. The molecule has 4 aromatic rings. The molecule has 31 heavy (non-hydrogen) atoms. The number of fused-ring (bicyclic) bond motifs is 1. The lowest BCUT2D eigenvalue weighted by atomic mass is 10.0. The number of amides is 1. The van der Waals surface area contributed by atoms with Gasteiger partial charge in [0.2, 0.25) is 0 Å². The van der Waals surface area contributed by atoms with Crippen molar-refractivity contribution >= 4 is 28.5 Å². The van der Waals surface area contributed by atoms with E-state index in [4.69, 9.17) is 9.72 Å². The largest absolute Gasteiger partial charge is 0.462 e. The molecule has 0 saturated heterocycles. The summed E-state index contributed by atoms with van der Waals surface area (Å²) < 4.78 is 5.11. The minimum Gasteiger partial charge on any atom is -0.462 e. The molecule has 1 amide bonds. The van der Waals surface area contributed by atoms with E-state index in [2.05, 4.69) is 5.32 Å². The molecule has 0 aliphatic rings. The number of aromatic nitrogens is 1. The fourth-order valence-electron chi connectivity index (χ4n) is 3.40.